The quantitative estimate of drug-likeness (QED) is 0.571. The van der Waals surface area contributed by atoms with Crippen LogP contribution in [0.1, 0.15) is 12.5 Å². The summed E-state index contributed by atoms with van der Waals surface area (Å²) in [6.07, 6.45) is 0. The maximum Gasteiger partial charge on any atom is 0.193 e. The van der Waals surface area contributed by atoms with Crippen molar-refractivity contribution < 1.29 is 13.7 Å². The van der Waals surface area contributed by atoms with E-state index in [1.54, 1.807) is 0 Å². The molecule has 0 saturated heterocycles. The summed E-state index contributed by atoms with van der Waals surface area (Å²) in [7, 11) is 0.952. The standard InChI is InChI=1S/C21H27N3O3S/c1-3-22-21(23-11-14-28(25)18-7-5-4-6-8-18)24(2)16-17-9-10-19-20(15-17)27-13-12-26-19/h4-10,15H,3,11-14,16H2,1-2H3,(H,22,23). The molecule has 0 spiro atoms. The molecule has 0 aliphatic carbocycles. The molecule has 6 nitrogen and oxygen atoms in total. The lowest BCUT2D eigenvalue weighted by atomic mass is 10.2. The van der Waals surface area contributed by atoms with Gasteiger partial charge in [0.15, 0.2) is 17.5 Å². The Balaban J connectivity index is 1.60. The minimum atomic E-state index is -1.04. The molecule has 2 aromatic rings. The van der Waals surface area contributed by atoms with Crippen LogP contribution in [0.25, 0.3) is 0 Å². The zero-order valence-electron chi connectivity index (χ0n) is 16.4. The Bertz CT molecular complexity index is 827. The topological polar surface area (TPSA) is 63.2 Å². The van der Waals surface area contributed by atoms with Crippen molar-refractivity contribution in [3.05, 3.63) is 54.1 Å². The monoisotopic (exact) mass is 401 g/mol. The van der Waals surface area contributed by atoms with E-state index < -0.39 is 10.8 Å². The zero-order valence-corrected chi connectivity index (χ0v) is 17.2. The largest absolute Gasteiger partial charge is 0.486 e. The summed E-state index contributed by atoms with van der Waals surface area (Å²) in [5.74, 6) is 2.87. The second-order valence-corrected chi connectivity index (χ2v) is 8.00. The predicted octanol–water partition coefficient (Wildman–Crippen LogP) is 2.66. The van der Waals surface area contributed by atoms with Crippen LogP contribution in [0.2, 0.25) is 0 Å². The molecular formula is C21H27N3O3S. The van der Waals surface area contributed by atoms with E-state index >= 15 is 0 Å². The molecule has 28 heavy (non-hydrogen) atoms. The Morgan fingerprint density at radius 2 is 1.89 bits per heavy atom. The number of aliphatic imine (C=N–C) groups is 1. The van der Waals surface area contributed by atoms with E-state index in [1.807, 2.05) is 62.5 Å². The lowest BCUT2D eigenvalue weighted by Gasteiger charge is -2.23. The highest BCUT2D eigenvalue weighted by Gasteiger charge is 2.13. The molecular weight excluding hydrogens is 374 g/mol. The van der Waals surface area contributed by atoms with Crippen LogP contribution in [0, 0.1) is 0 Å². The summed E-state index contributed by atoms with van der Waals surface area (Å²) in [5.41, 5.74) is 1.12. The van der Waals surface area contributed by atoms with Crippen LogP contribution < -0.4 is 14.8 Å². The molecule has 1 heterocycles. The number of fused-ring (bicyclic) bond motifs is 1. The van der Waals surface area contributed by atoms with Gasteiger partial charge in [0, 0.05) is 30.8 Å². The number of guanidine groups is 1. The van der Waals surface area contributed by atoms with E-state index in [2.05, 4.69) is 15.2 Å². The first-order valence-electron chi connectivity index (χ1n) is 9.48. The van der Waals surface area contributed by atoms with Gasteiger partial charge in [-0.15, -0.1) is 0 Å². The van der Waals surface area contributed by atoms with E-state index in [0.29, 0.717) is 32.1 Å². The van der Waals surface area contributed by atoms with E-state index in [0.717, 1.165) is 34.5 Å². The molecule has 0 saturated carbocycles. The number of nitrogens with zero attached hydrogens (tertiary/aromatic N) is 2. The van der Waals surface area contributed by atoms with Gasteiger partial charge in [0.05, 0.1) is 17.3 Å². The van der Waals surface area contributed by atoms with E-state index in [1.165, 1.54) is 0 Å². The van der Waals surface area contributed by atoms with Gasteiger partial charge in [-0.2, -0.15) is 0 Å². The van der Waals surface area contributed by atoms with Crippen molar-refractivity contribution >= 4 is 16.8 Å². The third kappa shape index (κ3) is 5.48. The molecule has 1 N–H and O–H groups in total. The van der Waals surface area contributed by atoms with E-state index in [9.17, 15) is 4.21 Å². The van der Waals surface area contributed by atoms with Gasteiger partial charge in [-0.1, -0.05) is 24.3 Å². The number of benzene rings is 2. The van der Waals surface area contributed by atoms with Crippen LogP contribution in [0.4, 0.5) is 0 Å². The lowest BCUT2D eigenvalue weighted by molar-refractivity contribution is 0.171. The Kier molecular flexibility index (Phi) is 7.31. The molecule has 1 aliphatic heterocycles. The summed E-state index contributed by atoms with van der Waals surface area (Å²) >= 11 is 0. The number of nitrogens with one attached hydrogen (secondary N) is 1. The summed E-state index contributed by atoms with van der Waals surface area (Å²) in [4.78, 5) is 7.54. The summed E-state index contributed by atoms with van der Waals surface area (Å²) < 4.78 is 23.6. The van der Waals surface area contributed by atoms with Crippen molar-refractivity contribution in [3.63, 3.8) is 0 Å². The van der Waals surface area contributed by atoms with Gasteiger partial charge in [-0.05, 0) is 36.8 Å². The number of hydrogen-bond donors (Lipinski definition) is 1. The third-order valence-electron chi connectivity index (χ3n) is 4.27. The van der Waals surface area contributed by atoms with Gasteiger partial charge < -0.3 is 19.7 Å². The second kappa shape index (κ2) is 10.1. The van der Waals surface area contributed by atoms with Crippen LogP contribution >= 0.6 is 0 Å². The van der Waals surface area contributed by atoms with Crippen LogP contribution in [-0.4, -0.2) is 54.2 Å². The van der Waals surface area contributed by atoms with Crippen molar-refractivity contribution in [1.29, 1.82) is 0 Å². The average Bonchev–Trinajstić information content (AvgIpc) is 2.73. The van der Waals surface area contributed by atoms with Crippen LogP contribution in [0.3, 0.4) is 0 Å². The van der Waals surface area contributed by atoms with Crippen molar-refractivity contribution in [2.24, 2.45) is 4.99 Å². The summed E-state index contributed by atoms with van der Waals surface area (Å²) in [6, 6.07) is 15.5. The van der Waals surface area contributed by atoms with Gasteiger partial charge in [-0.25, -0.2) is 0 Å². The SMILES string of the molecule is CCNC(=NCCS(=O)c1ccccc1)N(C)Cc1ccc2c(c1)OCCO2. The minimum absolute atomic E-state index is 0.495. The van der Waals surface area contributed by atoms with Gasteiger partial charge in [0.2, 0.25) is 0 Å². The Morgan fingerprint density at radius 1 is 1.14 bits per heavy atom. The summed E-state index contributed by atoms with van der Waals surface area (Å²) in [6.45, 7) is 5.16. The number of hydrogen-bond acceptors (Lipinski definition) is 4. The first-order valence-corrected chi connectivity index (χ1v) is 10.8. The predicted molar refractivity (Wildman–Crippen MR) is 113 cm³/mol. The van der Waals surface area contributed by atoms with Crippen LogP contribution in [0.15, 0.2) is 58.4 Å². The smallest absolute Gasteiger partial charge is 0.193 e. The van der Waals surface area contributed by atoms with E-state index in [4.69, 9.17) is 9.47 Å². The molecule has 0 radical (unpaired) electrons. The molecule has 1 atom stereocenters. The van der Waals surface area contributed by atoms with Crippen molar-refractivity contribution in [3.8, 4) is 11.5 Å². The number of rotatable bonds is 7. The van der Waals surface area contributed by atoms with Gasteiger partial charge in [0.25, 0.3) is 0 Å². The molecule has 1 aliphatic rings. The second-order valence-electron chi connectivity index (χ2n) is 6.43. The van der Waals surface area contributed by atoms with Crippen molar-refractivity contribution in [1.82, 2.24) is 10.2 Å². The molecule has 150 valence electrons. The fraction of sp³-hybridized carbons (Fsp3) is 0.381. The first-order chi connectivity index (χ1) is 13.7. The average molecular weight is 402 g/mol. The Morgan fingerprint density at radius 3 is 2.64 bits per heavy atom. The maximum atomic E-state index is 12.4. The van der Waals surface area contributed by atoms with Crippen molar-refractivity contribution in [2.45, 2.75) is 18.4 Å². The van der Waals surface area contributed by atoms with Crippen LogP contribution in [0.5, 0.6) is 11.5 Å². The van der Waals surface area contributed by atoms with Crippen molar-refractivity contribution in [2.75, 3.05) is 39.1 Å². The molecule has 3 rings (SSSR count). The molecule has 0 bridgehead atoms. The first kappa shape index (κ1) is 20.2. The zero-order chi connectivity index (χ0) is 19.8. The minimum Gasteiger partial charge on any atom is -0.486 e. The highest BCUT2D eigenvalue weighted by atomic mass is 32.2. The molecule has 2 aromatic carbocycles. The molecule has 1 unspecified atom stereocenters. The van der Waals surface area contributed by atoms with Gasteiger partial charge in [0.1, 0.15) is 13.2 Å². The molecule has 0 aromatic heterocycles. The fourth-order valence-electron chi connectivity index (χ4n) is 2.93. The van der Waals surface area contributed by atoms with Gasteiger partial charge >= 0.3 is 0 Å². The highest BCUT2D eigenvalue weighted by molar-refractivity contribution is 7.85. The van der Waals surface area contributed by atoms with E-state index in [-0.39, 0.29) is 0 Å². The fourth-order valence-corrected chi connectivity index (χ4v) is 3.88. The molecule has 7 heteroatoms. The maximum absolute atomic E-state index is 12.4. The highest BCUT2D eigenvalue weighted by Crippen LogP contribution is 2.31. The molecule has 0 fully saturated rings. The normalized spacial score (nSPS) is 14.4. The number of ether oxygens (including phenoxy) is 2. The lowest BCUT2D eigenvalue weighted by Crippen LogP contribution is -2.38. The third-order valence-corrected chi connectivity index (χ3v) is 5.62. The van der Waals surface area contributed by atoms with Gasteiger partial charge in [-0.3, -0.25) is 9.20 Å². The Hall–Kier alpha value is -2.54. The Labute approximate surface area is 169 Å². The summed E-state index contributed by atoms with van der Waals surface area (Å²) in [5, 5.41) is 3.30. The van der Waals surface area contributed by atoms with Crippen LogP contribution in [-0.2, 0) is 17.3 Å². The molecule has 0 amide bonds.